The van der Waals surface area contributed by atoms with Crippen molar-refractivity contribution in [3.63, 3.8) is 0 Å². The Bertz CT molecular complexity index is 521. The van der Waals surface area contributed by atoms with E-state index in [0.29, 0.717) is 0 Å². The van der Waals surface area contributed by atoms with Gasteiger partial charge in [-0.15, -0.1) is 0 Å². The molecule has 0 aromatic rings. The minimum atomic E-state index is -2.91. The van der Waals surface area contributed by atoms with Crippen molar-refractivity contribution in [2.24, 2.45) is 0 Å². The van der Waals surface area contributed by atoms with Gasteiger partial charge in [0.1, 0.15) is 18.3 Å². The summed E-state index contributed by atoms with van der Waals surface area (Å²) in [5.74, 6) is -5.47. The highest BCUT2D eigenvalue weighted by molar-refractivity contribution is 5.76. The van der Waals surface area contributed by atoms with E-state index in [2.05, 4.69) is 5.32 Å². The number of carbonyl (C=O) groups excluding carboxylic acids is 1. The Balaban J connectivity index is 3.24. The normalized spacial score (nSPS) is 34.7. The number of nitrogens with one attached hydrogen (secondary N) is 1. The molecule has 1 fully saturated rings. The lowest BCUT2D eigenvalue weighted by Gasteiger charge is -2.45. The van der Waals surface area contributed by atoms with Gasteiger partial charge >= 0.3 is 5.97 Å². The van der Waals surface area contributed by atoms with Crippen molar-refractivity contribution in [3.8, 4) is 6.07 Å². The number of nitriles is 1. The van der Waals surface area contributed by atoms with Gasteiger partial charge in [0.15, 0.2) is 0 Å². The maximum Gasteiger partial charge on any atom is 0.364 e. The Labute approximate surface area is 130 Å². The predicted molar refractivity (Wildman–Crippen MR) is 69.3 cm³/mol. The van der Waals surface area contributed by atoms with Gasteiger partial charge in [0.25, 0.3) is 5.79 Å². The van der Waals surface area contributed by atoms with E-state index >= 15 is 0 Å². The Hall–Kier alpha value is -1.81. The van der Waals surface area contributed by atoms with E-state index in [1.54, 1.807) is 0 Å². The summed E-state index contributed by atoms with van der Waals surface area (Å²) in [5, 5.41) is 68.8. The third kappa shape index (κ3) is 3.75. The van der Waals surface area contributed by atoms with Crippen LogP contribution in [0.5, 0.6) is 0 Å². The molecule has 1 rings (SSSR count). The summed E-state index contributed by atoms with van der Waals surface area (Å²) in [6.45, 7) is -0.171. The molecule has 0 saturated carbocycles. The van der Waals surface area contributed by atoms with E-state index in [1.165, 1.54) is 6.07 Å². The first-order chi connectivity index (χ1) is 10.5. The lowest BCUT2D eigenvalue weighted by atomic mass is 9.84. The van der Waals surface area contributed by atoms with E-state index in [4.69, 9.17) is 20.2 Å². The Morgan fingerprint density at radius 3 is 2.52 bits per heavy atom. The van der Waals surface area contributed by atoms with Crippen LogP contribution < -0.4 is 5.32 Å². The lowest BCUT2D eigenvalue weighted by Crippen LogP contribution is -2.69. The average molecular weight is 334 g/mol. The van der Waals surface area contributed by atoms with Gasteiger partial charge in [-0.1, -0.05) is 0 Å². The van der Waals surface area contributed by atoms with Crippen molar-refractivity contribution in [1.29, 1.82) is 5.26 Å². The maximum atomic E-state index is 11.2. The number of hydrogen-bond donors (Lipinski definition) is 7. The average Bonchev–Trinajstić information content (AvgIpc) is 2.47. The smallest absolute Gasteiger partial charge is 0.364 e. The summed E-state index contributed by atoms with van der Waals surface area (Å²) in [6.07, 6.45) is -6.63. The molecule has 7 N–H and O–H groups in total. The zero-order chi connectivity index (χ0) is 18.0. The largest absolute Gasteiger partial charge is 0.477 e. The summed E-state index contributed by atoms with van der Waals surface area (Å²) in [6, 6.07) is -0.214. The number of rotatable bonds is 5. The molecule has 0 aromatic carbocycles. The molecule has 1 aliphatic heterocycles. The van der Waals surface area contributed by atoms with Crippen LogP contribution in [-0.4, -0.2) is 84.9 Å². The SMILES string of the molecule is CC(=O)N[C@H]1[C@H]([C@H](O)[C@@](O)(C#N)CO)OC(O)(C(=O)O)C[C@@H]1O. The number of hydrogen-bond acceptors (Lipinski definition) is 9. The molecule has 0 spiro atoms. The van der Waals surface area contributed by atoms with Gasteiger partial charge in [-0.3, -0.25) is 4.79 Å². The molecule has 1 aliphatic rings. The first-order valence-electron chi connectivity index (χ1n) is 6.52. The Kier molecular flexibility index (Phi) is 5.65. The highest BCUT2D eigenvalue weighted by atomic mass is 16.7. The molecule has 130 valence electrons. The van der Waals surface area contributed by atoms with Crippen molar-refractivity contribution in [3.05, 3.63) is 0 Å². The summed E-state index contributed by atoms with van der Waals surface area (Å²) < 4.78 is 4.84. The van der Waals surface area contributed by atoms with Gasteiger partial charge < -0.3 is 40.7 Å². The topological polar surface area (TPSA) is 201 Å². The lowest BCUT2D eigenvalue weighted by molar-refractivity contribution is -0.298. The minimum absolute atomic E-state index is 0.680. The Morgan fingerprint density at radius 2 is 2.13 bits per heavy atom. The predicted octanol–water partition coefficient (Wildman–Crippen LogP) is -3.98. The van der Waals surface area contributed by atoms with Gasteiger partial charge in [0.05, 0.1) is 18.8 Å². The molecule has 0 radical (unpaired) electrons. The minimum Gasteiger partial charge on any atom is -0.477 e. The molecular weight excluding hydrogens is 316 g/mol. The summed E-state index contributed by atoms with van der Waals surface area (Å²) in [5.41, 5.74) is -2.77. The molecule has 23 heavy (non-hydrogen) atoms. The van der Waals surface area contributed by atoms with E-state index in [9.17, 15) is 30.0 Å². The third-order valence-electron chi connectivity index (χ3n) is 3.52. The number of aliphatic hydroxyl groups is 5. The summed E-state index contributed by atoms with van der Waals surface area (Å²) >= 11 is 0. The number of aliphatic carboxylic acids is 1. The molecule has 0 aromatic heterocycles. The maximum absolute atomic E-state index is 11.2. The van der Waals surface area contributed by atoms with Gasteiger partial charge in [-0.05, 0) is 0 Å². The van der Waals surface area contributed by atoms with E-state index in [1.807, 2.05) is 0 Å². The number of nitrogens with zero attached hydrogens (tertiary/aromatic N) is 1. The zero-order valence-corrected chi connectivity index (χ0v) is 12.1. The quantitative estimate of drug-likeness (QED) is 0.243. The second-order valence-electron chi connectivity index (χ2n) is 5.31. The van der Waals surface area contributed by atoms with Crippen LogP contribution in [0.25, 0.3) is 0 Å². The summed E-state index contributed by atoms with van der Waals surface area (Å²) in [4.78, 5) is 22.3. The fourth-order valence-corrected chi connectivity index (χ4v) is 2.25. The van der Waals surface area contributed by atoms with Crippen LogP contribution in [0.4, 0.5) is 0 Å². The van der Waals surface area contributed by atoms with Crippen LogP contribution in [-0.2, 0) is 14.3 Å². The first-order valence-corrected chi connectivity index (χ1v) is 6.52. The van der Waals surface area contributed by atoms with Gasteiger partial charge in [-0.25, -0.2) is 4.79 Å². The van der Waals surface area contributed by atoms with Gasteiger partial charge in [-0.2, -0.15) is 5.26 Å². The van der Waals surface area contributed by atoms with Crippen LogP contribution in [0.1, 0.15) is 13.3 Å². The third-order valence-corrected chi connectivity index (χ3v) is 3.52. The highest BCUT2D eigenvalue weighted by Gasteiger charge is 2.56. The summed E-state index contributed by atoms with van der Waals surface area (Å²) in [7, 11) is 0. The van der Waals surface area contributed by atoms with Crippen molar-refractivity contribution < 1.29 is 45.0 Å². The van der Waals surface area contributed by atoms with Crippen LogP contribution in [0.2, 0.25) is 0 Å². The number of carbonyl (C=O) groups is 2. The molecule has 0 aliphatic carbocycles. The van der Waals surface area contributed by atoms with Crippen LogP contribution in [0.15, 0.2) is 0 Å². The van der Waals surface area contributed by atoms with E-state index in [-0.39, 0.29) is 0 Å². The number of aliphatic hydroxyl groups excluding tert-OH is 3. The molecule has 1 unspecified atom stereocenters. The fraction of sp³-hybridized carbons (Fsp3) is 0.750. The standard InChI is InChI=1S/C12H18N2O9/c1-5(16)14-7-6(17)2-12(22,10(19)20)23-8(7)9(18)11(21,3-13)4-15/h6-9,15,17-18,21-22H,2,4H2,1H3,(H,14,16)(H,19,20)/t6-,7+,8+,9-,11+,12?/m0/s1. The fourth-order valence-electron chi connectivity index (χ4n) is 2.25. The number of carboxylic acid groups (broad SMARTS) is 1. The molecule has 0 bridgehead atoms. The highest BCUT2D eigenvalue weighted by Crippen LogP contribution is 2.32. The van der Waals surface area contributed by atoms with E-state index < -0.39 is 60.6 Å². The second kappa shape index (κ2) is 6.75. The van der Waals surface area contributed by atoms with Gasteiger partial charge in [0, 0.05) is 13.3 Å². The molecule has 1 heterocycles. The first kappa shape index (κ1) is 19.2. The second-order valence-corrected chi connectivity index (χ2v) is 5.31. The Morgan fingerprint density at radius 1 is 1.57 bits per heavy atom. The number of ether oxygens (including phenoxy) is 1. The van der Waals surface area contributed by atoms with Crippen molar-refractivity contribution in [2.75, 3.05) is 6.61 Å². The van der Waals surface area contributed by atoms with Crippen LogP contribution >= 0.6 is 0 Å². The molecule has 1 amide bonds. The van der Waals surface area contributed by atoms with Crippen LogP contribution in [0.3, 0.4) is 0 Å². The monoisotopic (exact) mass is 334 g/mol. The zero-order valence-electron chi connectivity index (χ0n) is 12.1. The van der Waals surface area contributed by atoms with E-state index in [0.717, 1.165) is 6.92 Å². The molecule has 6 atom stereocenters. The van der Waals surface area contributed by atoms with Crippen molar-refractivity contribution in [2.45, 2.75) is 49.1 Å². The van der Waals surface area contributed by atoms with Crippen molar-refractivity contribution in [1.82, 2.24) is 5.32 Å². The van der Waals surface area contributed by atoms with Gasteiger partial charge in [0.2, 0.25) is 11.5 Å². The molecule has 1 saturated heterocycles. The molecule has 11 heteroatoms. The number of amides is 1. The molecular formula is C12H18N2O9. The van der Waals surface area contributed by atoms with Crippen molar-refractivity contribution >= 4 is 11.9 Å². The molecule has 11 nitrogen and oxygen atoms in total. The number of carboxylic acids is 1. The van der Waals surface area contributed by atoms with Crippen LogP contribution in [0, 0.1) is 11.3 Å².